The Kier molecular flexibility index (Phi) is 3.53. The van der Waals surface area contributed by atoms with Crippen molar-refractivity contribution in [2.24, 2.45) is 4.99 Å². The standard InChI is InChI=1S/C18H21NO4/c1-21-14-9-10-7-8-19-17-13-6-4-11(20)3-5-12(23-13)16(15(10)17)18(14)22-2/h5,9,11,13,20H,3-4,6-8H2,1-2H3. The van der Waals surface area contributed by atoms with Gasteiger partial charge < -0.3 is 19.3 Å². The first-order valence-corrected chi connectivity index (χ1v) is 8.10. The number of aliphatic hydroxyl groups excluding tert-OH is 1. The van der Waals surface area contributed by atoms with E-state index in [4.69, 9.17) is 19.2 Å². The molecule has 0 aliphatic carbocycles. The lowest BCUT2D eigenvalue weighted by Gasteiger charge is -2.36. The third-order valence-electron chi connectivity index (χ3n) is 4.83. The highest BCUT2D eigenvalue weighted by Gasteiger charge is 2.38. The molecule has 2 bridgehead atoms. The van der Waals surface area contributed by atoms with Crippen LogP contribution in [0.1, 0.15) is 36.0 Å². The fourth-order valence-electron chi connectivity index (χ4n) is 3.73. The highest BCUT2D eigenvalue weighted by molar-refractivity contribution is 6.12. The first-order valence-electron chi connectivity index (χ1n) is 8.10. The monoisotopic (exact) mass is 315 g/mol. The van der Waals surface area contributed by atoms with Crippen LogP contribution in [0, 0.1) is 0 Å². The Bertz CT molecular complexity index is 707. The van der Waals surface area contributed by atoms with Crippen molar-refractivity contribution >= 4 is 11.5 Å². The number of rotatable bonds is 2. The number of benzene rings is 1. The molecule has 3 heterocycles. The maximum Gasteiger partial charge on any atom is 0.172 e. The third kappa shape index (κ3) is 2.22. The van der Waals surface area contributed by atoms with Gasteiger partial charge in [-0.2, -0.15) is 0 Å². The number of hydrogen-bond donors (Lipinski definition) is 1. The molecule has 0 spiro atoms. The van der Waals surface area contributed by atoms with Crippen LogP contribution in [0.4, 0.5) is 0 Å². The summed E-state index contributed by atoms with van der Waals surface area (Å²) < 4.78 is 17.4. The number of ether oxygens (including phenoxy) is 3. The van der Waals surface area contributed by atoms with Crippen LogP contribution in [0.15, 0.2) is 17.1 Å². The van der Waals surface area contributed by atoms with E-state index in [0.717, 1.165) is 48.4 Å². The van der Waals surface area contributed by atoms with E-state index in [9.17, 15) is 5.11 Å². The molecular weight excluding hydrogens is 294 g/mol. The summed E-state index contributed by atoms with van der Waals surface area (Å²) in [6.45, 7) is 0.763. The average Bonchev–Trinajstić information content (AvgIpc) is 2.57. The van der Waals surface area contributed by atoms with Gasteiger partial charge in [0.2, 0.25) is 0 Å². The van der Waals surface area contributed by atoms with E-state index in [1.165, 1.54) is 5.56 Å². The van der Waals surface area contributed by atoms with E-state index < -0.39 is 0 Å². The van der Waals surface area contributed by atoms with Crippen molar-refractivity contribution in [2.45, 2.75) is 37.9 Å². The Morgan fingerprint density at radius 2 is 2.09 bits per heavy atom. The van der Waals surface area contributed by atoms with E-state index >= 15 is 0 Å². The second-order valence-electron chi connectivity index (χ2n) is 6.18. The summed E-state index contributed by atoms with van der Waals surface area (Å²) in [5.41, 5.74) is 4.30. The number of hydrogen-bond acceptors (Lipinski definition) is 5. The lowest BCUT2D eigenvalue weighted by molar-refractivity contribution is 0.127. The molecule has 2 unspecified atom stereocenters. The van der Waals surface area contributed by atoms with Gasteiger partial charge in [0.15, 0.2) is 11.5 Å². The molecule has 1 aromatic rings. The van der Waals surface area contributed by atoms with Crippen LogP contribution < -0.4 is 9.47 Å². The number of methoxy groups -OCH3 is 2. The van der Waals surface area contributed by atoms with Gasteiger partial charge in [-0.15, -0.1) is 0 Å². The molecule has 1 aromatic carbocycles. The van der Waals surface area contributed by atoms with Crippen molar-refractivity contribution < 1.29 is 19.3 Å². The van der Waals surface area contributed by atoms with Gasteiger partial charge in [-0.3, -0.25) is 4.99 Å². The molecular formula is C18H21NO4. The van der Waals surface area contributed by atoms with Crippen molar-refractivity contribution in [3.05, 3.63) is 28.8 Å². The Morgan fingerprint density at radius 1 is 1.22 bits per heavy atom. The van der Waals surface area contributed by atoms with Crippen molar-refractivity contribution in [3.63, 3.8) is 0 Å². The average molecular weight is 315 g/mol. The van der Waals surface area contributed by atoms with Crippen LogP contribution in [-0.2, 0) is 11.2 Å². The second-order valence-corrected chi connectivity index (χ2v) is 6.18. The molecule has 5 heteroatoms. The van der Waals surface area contributed by atoms with Gasteiger partial charge in [-0.05, 0) is 43.4 Å². The van der Waals surface area contributed by atoms with E-state index in [1.54, 1.807) is 14.2 Å². The highest BCUT2D eigenvalue weighted by atomic mass is 16.5. The summed E-state index contributed by atoms with van der Waals surface area (Å²) in [6.07, 6.45) is 4.55. The summed E-state index contributed by atoms with van der Waals surface area (Å²) in [7, 11) is 3.29. The van der Waals surface area contributed by atoms with Gasteiger partial charge in [-0.1, -0.05) is 0 Å². The number of aliphatic imine (C=N–C) groups is 1. The summed E-state index contributed by atoms with van der Waals surface area (Å²) in [6, 6.07) is 2.06. The van der Waals surface area contributed by atoms with Crippen molar-refractivity contribution in [1.82, 2.24) is 0 Å². The van der Waals surface area contributed by atoms with Crippen LogP contribution in [0.25, 0.3) is 5.76 Å². The molecule has 4 rings (SSSR count). The summed E-state index contributed by atoms with van der Waals surface area (Å²) in [5, 5.41) is 10.1. The Balaban J connectivity index is 2.00. The van der Waals surface area contributed by atoms with Crippen molar-refractivity contribution in [1.29, 1.82) is 0 Å². The molecule has 5 nitrogen and oxygen atoms in total. The molecule has 3 aliphatic rings. The molecule has 0 saturated heterocycles. The van der Waals surface area contributed by atoms with Gasteiger partial charge in [0, 0.05) is 12.1 Å². The zero-order valence-corrected chi connectivity index (χ0v) is 13.5. The van der Waals surface area contributed by atoms with Gasteiger partial charge >= 0.3 is 0 Å². The lowest BCUT2D eigenvalue weighted by Crippen LogP contribution is -2.35. The SMILES string of the molecule is COc1cc2c3c(c1OC)C1=CCC(O)CCC(O1)C3=NCC2. The molecule has 0 aromatic heterocycles. The minimum atomic E-state index is -0.335. The zero-order valence-electron chi connectivity index (χ0n) is 13.5. The van der Waals surface area contributed by atoms with Crippen LogP contribution in [0.3, 0.4) is 0 Å². The molecule has 0 amide bonds. The van der Waals surface area contributed by atoms with E-state index in [-0.39, 0.29) is 12.2 Å². The predicted octanol–water partition coefficient (Wildman–Crippen LogP) is 2.33. The normalized spacial score (nSPS) is 25.2. The Hall–Kier alpha value is -2.01. The Morgan fingerprint density at radius 3 is 2.87 bits per heavy atom. The van der Waals surface area contributed by atoms with Gasteiger partial charge in [0.25, 0.3) is 0 Å². The molecule has 2 atom stereocenters. The van der Waals surface area contributed by atoms with Gasteiger partial charge in [-0.25, -0.2) is 0 Å². The van der Waals surface area contributed by atoms with E-state index in [1.807, 2.05) is 6.08 Å². The maximum absolute atomic E-state index is 10.1. The second kappa shape index (κ2) is 5.57. The zero-order chi connectivity index (χ0) is 16.0. The van der Waals surface area contributed by atoms with Crippen LogP contribution >= 0.6 is 0 Å². The molecule has 0 saturated carbocycles. The minimum Gasteiger partial charge on any atom is -0.493 e. The fourth-order valence-corrected chi connectivity index (χ4v) is 3.73. The van der Waals surface area contributed by atoms with E-state index in [0.29, 0.717) is 17.9 Å². The van der Waals surface area contributed by atoms with E-state index in [2.05, 4.69) is 6.07 Å². The summed E-state index contributed by atoms with van der Waals surface area (Å²) >= 11 is 0. The van der Waals surface area contributed by atoms with Crippen molar-refractivity contribution in [2.75, 3.05) is 20.8 Å². The Labute approximate surface area is 135 Å². The first kappa shape index (κ1) is 14.6. The lowest BCUT2D eigenvalue weighted by atomic mass is 9.83. The smallest absolute Gasteiger partial charge is 0.172 e. The molecule has 3 aliphatic heterocycles. The van der Waals surface area contributed by atoms with Crippen LogP contribution in [0.2, 0.25) is 0 Å². The fraction of sp³-hybridized carbons (Fsp3) is 0.500. The molecule has 23 heavy (non-hydrogen) atoms. The molecule has 122 valence electrons. The molecule has 1 N–H and O–H groups in total. The number of nitrogens with zero attached hydrogens (tertiary/aromatic N) is 1. The largest absolute Gasteiger partial charge is 0.493 e. The number of fused-ring (bicyclic) bond motifs is 4. The van der Waals surface area contributed by atoms with Crippen LogP contribution in [0.5, 0.6) is 11.5 Å². The topological polar surface area (TPSA) is 60.3 Å². The maximum atomic E-state index is 10.1. The van der Waals surface area contributed by atoms with Crippen LogP contribution in [-0.4, -0.2) is 43.8 Å². The highest BCUT2D eigenvalue weighted by Crippen LogP contribution is 2.46. The van der Waals surface area contributed by atoms with Crippen molar-refractivity contribution in [3.8, 4) is 11.5 Å². The van der Waals surface area contributed by atoms with Gasteiger partial charge in [0.1, 0.15) is 11.9 Å². The first-order chi connectivity index (χ1) is 11.2. The summed E-state index contributed by atoms with van der Waals surface area (Å²) in [5.74, 6) is 2.18. The quantitative estimate of drug-likeness (QED) is 0.910. The minimum absolute atomic E-state index is 0.0825. The molecule has 0 radical (unpaired) electrons. The number of aliphatic hydroxyl groups is 1. The third-order valence-corrected chi connectivity index (χ3v) is 4.83. The van der Waals surface area contributed by atoms with Gasteiger partial charge in [0.05, 0.1) is 31.6 Å². The summed E-state index contributed by atoms with van der Waals surface area (Å²) in [4.78, 5) is 4.74. The molecule has 0 fully saturated rings. The predicted molar refractivity (Wildman–Crippen MR) is 87.4 cm³/mol.